The summed E-state index contributed by atoms with van der Waals surface area (Å²) in [4.78, 5) is 12.9. The summed E-state index contributed by atoms with van der Waals surface area (Å²) in [6.45, 7) is 2.03. The SMILES string of the molecule is Cc1ccc(/C=C/c2ccc3c(c2O)C(=O)c2c(O)cccc2C3)cc1. The van der Waals surface area contributed by atoms with Crippen LogP contribution in [0.2, 0.25) is 0 Å². The molecule has 4 rings (SSSR count). The highest BCUT2D eigenvalue weighted by atomic mass is 16.3. The van der Waals surface area contributed by atoms with Gasteiger partial charge in [-0.25, -0.2) is 0 Å². The zero-order valence-electron chi connectivity index (χ0n) is 14.4. The van der Waals surface area contributed by atoms with E-state index in [0.717, 1.165) is 16.7 Å². The predicted octanol–water partition coefficient (Wildman–Crippen LogP) is 4.71. The molecule has 26 heavy (non-hydrogen) atoms. The predicted molar refractivity (Wildman–Crippen MR) is 103 cm³/mol. The molecule has 0 unspecified atom stereocenters. The van der Waals surface area contributed by atoms with E-state index in [4.69, 9.17) is 0 Å². The zero-order chi connectivity index (χ0) is 18.3. The molecule has 0 saturated heterocycles. The second-order valence-corrected chi connectivity index (χ2v) is 6.60. The van der Waals surface area contributed by atoms with E-state index in [1.807, 2.05) is 55.5 Å². The molecular weight excluding hydrogens is 324 g/mol. The van der Waals surface area contributed by atoms with Gasteiger partial charge in [0.25, 0.3) is 0 Å². The largest absolute Gasteiger partial charge is 0.507 e. The monoisotopic (exact) mass is 342 g/mol. The third kappa shape index (κ3) is 2.68. The fourth-order valence-corrected chi connectivity index (χ4v) is 3.37. The van der Waals surface area contributed by atoms with Gasteiger partial charge in [-0.15, -0.1) is 0 Å². The van der Waals surface area contributed by atoms with E-state index in [2.05, 4.69) is 0 Å². The van der Waals surface area contributed by atoms with Crippen molar-refractivity contribution in [1.82, 2.24) is 0 Å². The van der Waals surface area contributed by atoms with Gasteiger partial charge in [-0.2, -0.15) is 0 Å². The lowest BCUT2D eigenvalue weighted by atomic mass is 9.83. The Labute approximate surface area is 151 Å². The first kappa shape index (κ1) is 16.2. The van der Waals surface area contributed by atoms with Crippen molar-refractivity contribution in [2.45, 2.75) is 13.3 Å². The van der Waals surface area contributed by atoms with Gasteiger partial charge in [0.2, 0.25) is 5.78 Å². The molecule has 3 nitrogen and oxygen atoms in total. The maximum Gasteiger partial charge on any atom is 0.201 e. The molecule has 0 bridgehead atoms. The lowest BCUT2D eigenvalue weighted by Gasteiger charge is -2.21. The van der Waals surface area contributed by atoms with Gasteiger partial charge in [-0.05, 0) is 36.1 Å². The van der Waals surface area contributed by atoms with Crippen LogP contribution in [0.1, 0.15) is 43.7 Å². The highest BCUT2D eigenvalue weighted by Gasteiger charge is 2.29. The normalized spacial score (nSPS) is 12.9. The molecule has 0 saturated carbocycles. The maximum atomic E-state index is 12.9. The molecule has 0 fully saturated rings. The maximum absolute atomic E-state index is 12.9. The van der Waals surface area contributed by atoms with Crippen LogP contribution in [0.3, 0.4) is 0 Å². The number of hydrogen-bond donors (Lipinski definition) is 2. The number of carbonyl (C=O) groups is 1. The topological polar surface area (TPSA) is 57.5 Å². The minimum Gasteiger partial charge on any atom is -0.507 e. The minimum absolute atomic E-state index is 0.0373. The van der Waals surface area contributed by atoms with Crippen LogP contribution in [0, 0.1) is 6.92 Å². The molecule has 0 radical (unpaired) electrons. The molecule has 1 aliphatic carbocycles. The Bertz CT molecular complexity index is 1040. The summed E-state index contributed by atoms with van der Waals surface area (Å²) in [5.74, 6) is -0.412. The molecule has 0 aromatic heterocycles. The highest BCUT2D eigenvalue weighted by Crippen LogP contribution is 2.38. The number of aryl methyl sites for hydroxylation is 1. The third-order valence-electron chi connectivity index (χ3n) is 4.79. The molecule has 0 heterocycles. The average Bonchev–Trinajstić information content (AvgIpc) is 2.62. The van der Waals surface area contributed by atoms with Crippen molar-refractivity contribution in [2.75, 3.05) is 0 Å². The summed E-state index contributed by atoms with van der Waals surface area (Å²) in [7, 11) is 0. The van der Waals surface area contributed by atoms with Crippen LogP contribution >= 0.6 is 0 Å². The number of benzene rings is 3. The number of aromatic hydroxyl groups is 2. The standard InChI is InChI=1S/C23H18O3/c1-14-5-7-15(8-6-14)9-10-16-11-12-18-13-17-3-2-4-19(24)20(17)23(26)21(18)22(16)25/h2-12,24-25H,13H2,1H3/b10-9+. The van der Waals surface area contributed by atoms with Crippen molar-refractivity contribution in [1.29, 1.82) is 0 Å². The molecule has 3 aromatic rings. The quantitative estimate of drug-likeness (QED) is 0.519. The van der Waals surface area contributed by atoms with E-state index < -0.39 is 0 Å². The second-order valence-electron chi connectivity index (χ2n) is 6.60. The Morgan fingerprint density at radius 1 is 0.846 bits per heavy atom. The molecular formula is C23H18O3. The Balaban J connectivity index is 1.75. The minimum atomic E-state index is -0.331. The zero-order valence-corrected chi connectivity index (χ0v) is 14.4. The molecule has 3 heteroatoms. The number of rotatable bonds is 2. The van der Waals surface area contributed by atoms with Crippen molar-refractivity contribution >= 4 is 17.9 Å². The van der Waals surface area contributed by atoms with Gasteiger partial charge in [0.05, 0.1) is 11.1 Å². The Kier molecular flexibility index (Phi) is 3.85. The summed E-state index contributed by atoms with van der Waals surface area (Å²) < 4.78 is 0. The number of hydrogen-bond acceptors (Lipinski definition) is 3. The Hall–Kier alpha value is -3.33. The van der Waals surface area contributed by atoms with Crippen LogP contribution in [0.15, 0.2) is 54.6 Å². The number of phenols is 2. The van der Waals surface area contributed by atoms with Crippen molar-refractivity contribution in [2.24, 2.45) is 0 Å². The highest BCUT2D eigenvalue weighted by molar-refractivity contribution is 6.16. The Morgan fingerprint density at radius 3 is 2.35 bits per heavy atom. The van der Waals surface area contributed by atoms with Crippen LogP contribution < -0.4 is 0 Å². The fourth-order valence-electron chi connectivity index (χ4n) is 3.37. The first-order valence-corrected chi connectivity index (χ1v) is 8.50. The third-order valence-corrected chi connectivity index (χ3v) is 4.79. The molecule has 0 atom stereocenters. The van der Waals surface area contributed by atoms with Crippen LogP contribution in [0.4, 0.5) is 0 Å². The van der Waals surface area contributed by atoms with Gasteiger partial charge >= 0.3 is 0 Å². The van der Waals surface area contributed by atoms with Gasteiger partial charge in [-0.3, -0.25) is 4.79 Å². The van der Waals surface area contributed by atoms with Crippen LogP contribution in [0.25, 0.3) is 12.2 Å². The van der Waals surface area contributed by atoms with E-state index >= 15 is 0 Å². The molecule has 0 spiro atoms. The number of fused-ring (bicyclic) bond motifs is 2. The molecule has 0 aliphatic heterocycles. The van der Waals surface area contributed by atoms with Gasteiger partial charge in [0.1, 0.15) is 11.5 Å². The average molecular weight is 342 g/mol. The summed E-state index contributed by atoms with van der Waals surface area (Å²) in [6, 6.07) is 16.8. The van der Waals surface area contributed by atoms with Crippen molar-refractivity contribution in [3.8, 4) is 11.5 Å². The first-order valence-electron chi connectivity index (χ1n) is 8.50. The first-order chi connectivity index (χ1) is 12.5. The summed E-state index contributed by atoms with van der Waals surface area (Å²) >= 11 is 0. The summed E-state index contributed by atoms with van der Waals surface area (Å²) in [5.41, 5.74) is 4.91. The van der Waals surface area contributed by atoms with Crippen LogP contribution in [-0.4, -0.2) is 16.0 Å². The van der Waals surface area contributed by atoms with Gasteiger partial charge in [0, 0.05) is 5.56 Å². The van der Waals surface area contributed by atoms with E-state index in [1.54, 1.807) is 12.1 Å². The van der Waals surface area contributed by atoms with Crippen molar-refractivity contribution in [3.63, 3.8) is 0 Å². The van der Waals surface area contributed by atoms with E-state index in [0.29, 0.717) is 12.0 Å². The van der Waals surface area contributed by atoms with Crippen molar-refractivity contribution < 1.29 is 15.0 Å². The number of phenolic OH excluding ortho intramolecular Hbond substituents is 2. The fraction of sp³-hybridized carbons (Fsp3) is 0.0870. The van der Waals surface area contributed by atoms with Gasteiger partial charge in [-0.1, -0.05) is 66.2 Å². The molecule has 1 aliphatic rings. The molecule has 3 aromatic carbocycles. The lowest BCUT2D eigenvalue weighted by Crippen LogP contribution is -2.15. The summed E-state index contributed by atoms with van der Waals surface area (Å²) in [5, 5.41) is 20.8. The lowest BCUT2D eigenvalue weighted by molar-refractivity contribution is 0.102. The van der Waals surface area contributed by atoms with Crippen molar-refractivity contribution in [3.05, 3.63) is 93.5 Å². The van der Waals surface area contributed by atoms with E-state index in [9.17, 15) is 15.0 Å². The van der Waals surface area contributed by atoms with Gasteiger partial charge in [0.15, 0.2) is 0 Å². The smallest absolute Gasteiger partial charge is 0.201 e. The molecule has 2 N–H and O–H groups in total. The van der Waals surface area contributed by atoms with Gasteiger partial charge < -0.3 is 10.2 Å². The second kappa shape index (κ2) is 6.19. The number of ketones is 1. The van der Waals surface area contributed by atoms with E-state index in [-0.39, 0.29) is 28.4 Å². The number of carbonyl (C=O) groups excluding carboxylic acids is 1. The molecule has 128 valence electrons. The molecule has 0 amide bonds. The van der Waals surface area contributed by atoms with E-state index in [1.165, 1.54) is 11.6 Å². The van der Waals surface area contributed by atoms with Crippen LogP contribution in [-0.2, 0) is 6.42 Å². The Morgan fingerprint density at radius 2 is 1.58 bits per heavy atom. The van der Waals surface area contributed by atoms with Crippen LogP contribution in [0.5, 0.6) is 11.5 Å². The summed E-state index contributed by atoms with van der Waals surface area (Å²) in [6.07, 6.45) is 4.22.